The third-order valence-electron chi connectivity index (χ3n) is 3.54. The first-order valence-corrected chi connectivity index (χ1v) is 7.64. The third kappa shape index (κ3) is 4.41. The number of carbonyl (C=O) groups is 2. The van der Waals surface area contributed by atoms with Crippen LogP contribution in [0.4, 0.5) is 15.8 Å². The van der Waals surface area contributed by atoms with Gasteiger partial charge in [-0.2, -0.15) is 0 Å². The number of amides is 1. The number of nitrogen functional groups attached to an aromatic ring is 1. The molecule has 2 aromatic rings. The van der Waals surface area contributed by atoms with E-state index in [4.69, 9.17) is 19.9 Å². The van der Waals surface area contributed by atoms with Crippen LogP contribution < -0.4 is 20.5 Å². The highest BCUT2D eigenvalue weighted by molar-refractivity contribution is 5.99. The number of carbonyl (C=O) groups excluding carboxylic acids is 2. The van der Waals surface area contributed by atoms with Crippen LogP contribution in [0.25, 0.3) is 0 Å². The topological polar surface area (TPSA) is 99.9 Å². The van der Waals surface area contributed by atoms with Crippen molar-refractivity contribution >= 4 is 23.3 Å². The molecule has 0 aliphatic heterocycles. The lowest BCUT2D eigenvalue weighted by molar-refractivity contribution is -0.123. The summed E-state index contributed by atoms with van der Waals surface area (Å²) < 4.78 is 28.4. The molecule has 0 radical (unpaired) electrons. The van der Waals surface area contributed by atoms with Crippen LogP contribution in [-0.2, 0) is 9.53 Å². The molecule has 2 aromatic carbocycles. The van der Waals surface area contributed by atoms with Gasteiger partial charge >= 0.3 is 5.97 Å². The van der Waals surface area contributed by atoms with Crippen LogP contribution in [0.3, 0.4) is 0 Å². The normalized spacial score (nSPS) is 11.4. The molecule has 0 spiro atoms. The summed E-state index contributed by atoms with van der Waals surface area (Å²) in [5, 5.41) is 2.61. The summed E-state index contributed by atoms with van der Waals surface area (Å²) in [6.07, 6.45) is -1.10. The van der Waals surface area contributed by atoms with E-state index in [1.165, 1.54) is 27.2 Å². The molecule has 0 aliphatic rings. The Morgan fingerprint density at radius 1 is 1.08 bits per heavy atom. The van der Waals surface area contributed by atoms with Gasteiger partial charge in [0.25, 0.3) is 5.91 Å². The van der Waals surface area contributed by atoms with Gasteiger partial charge in [-0.3, -0.25) is 4.79 Å². The van der Waals surface area contributed by atoms with Gasteiger partial charge in [0.15, 0.2) is 17.6 Å². The van der Waals surface area contributed by atoms with E-state index in [9.17, 15) is 14.0 Å². The minimum Gasteiger partial charge on any atom is -0.493 e. The highest BCUT2D eigenvalue weighted by Gasteiger charge is 2.21. The number of esters is 1. The highest BCUT2D eigenvalue weighted by Crippen LogP contribution is 2.29. The number of nitrogens with two attached hydrogens (primary N) is 1. The smallest absolute Gasteiger partial charge is 0.341 e. The Bertz CT molecular complexity index is 825. The van der Waals surface area contributed by atoms with E-state index in [0.29, 0.717) is 17.2 Å². The van der Waals surface area contributed by atoms with E-state index in [-0.39, 0.29) is 11.3 Å². The predicted octanol–water partition coefficient (Wildman–Crippen LogP) is 2.61. The van der Waals surface area contributed by atoms with Gasteiger partial charge < -0.3 is 25.3 Å². The lowest BCUT2D eigenvalue weighted by Gasteiger charge is -2.15. The second kappa shape index (κ2) is 8.19. The van der Waals surface area contributed by atoms with Gasteiger partial charge in [0, 0.05) is 17.4 Å². The molecule has 0 saturated carbocycles. The summed E-state index contributed by atoms with van der Waals surface area (Å²) in [6.45, 7) is 1.41. The Labute approximate surface area is 149 Å². The van der Waals surface area contributed by atoms with E-state index >= 15 is 0 Å². The first-order chi connectivity index (χ1) is 12.3. The molecule has 0 fully saturated rings. The fourth-order valence-electron chi connectivity index (χ4n) is 2.15. The number of ether oxygens (including phenoxy) is 3. The Kier molecular flexibility index (Phi) is 6.00. The molecule has 0 aromatic heterocycles. The number of methoxy groups -OCH3 is 2. The zero-order chi connectivity index (χ0) is 19.3. The number of halogens is 1. The van der Waals surface area contributed by atoms with Crippen LogP contribution in [0.1, 0.15) is 17.3 Å². The molecule has 2 rings (SSSR count). The van der Waals surface area contributed by atoms with Crippen LogP contribution in [-0.4, -0.2) is 32.2 Å². The van der Waals surface area contributed by atoms with Gasteiger partial charge in [-0.05, 0) is 37.3 Å². The number of rotatable bonds is 6. The van der Waals surface area contributed by atoms with Gasteiger partial charge in [-0.25, -0.2) is 9.18 Å². The summed E-state index contributed by atoms with van der Waals surface area (Å²) in [5.41, 5.74) is 5.95. The van der Waals surface area contributed by atoms with Crippen molar-refractivity contribution in [2.24, 2.45) is 0 Å². The number of nitrogens with one attached hydrogen (secondary N) is 1. The van der Waals surface area contributed by atoms with Crippen molar-refractivity contribution in [3.8, 4) is 11.5 Å². The third-order valence-corrected chi connectivity index (χ3v) is 3.54. The molecule has 0 heterocycles. The minimum atomic E-state index is -1.10. The summed E-state index contributed by atoms with van der Waals surface area (Å²) in [6, 6.07) is 8.11. The highest BCUT2D eigenvalue weighted by atomic mass is 19.1. The molecular formula is C18H19FN2O5. The van der Waals surface area contributed by atoms with Crippen LogP contribution in [0, 0.1) is 5.82 Å². The second-order valence-electron chi connectivity index (χ2n) is 5.34. The van der Waals surface area contributed by atoms with Crippen molar-refractivity contribution in [2.45, 2.75) is 13.0 Å². The number of anilines is 2. The molecule has 138 valence electrons. The van der Waals surface area contributed by atoms with Crippen molar-refractivity contribution in [1.82, 2.24) is 0 Å². The largest absolute Gasteiger partial charge is 0.493 e. The first-order valence-electron chi connectivity index (χ1n) is 7.64. The molecule has 3 N–H and O–H groups in total. The second-order valence-corrected chi connectivity index (χ2v) is 5.34. The van der Waals surface area contributed by atoms with E-state index in [0.717, 1.165) is 12.1 Å². The fraction of sp³-hybridized carbons (Fsp3) is 0.222. The van der Waals surface area contributed by atoms with Gasteiger partial charge in [-0.15, -0.1) is 0 Å². The number of hydrogen-bond acceptors (Lipinski definition) is 6. The molecule has 8 heteroatoms. The Morgan fingerprint density at radius 2 is 1.77 bits per heavy atom. The van der Waals surface area contributed by atoms with E-state index in [1.54, 1.807) is 18.2 Å². The number of benzene rings is 2. The quantitative estimate of drug-likeness (QED) is 0.605. The SMILES string of the molecule is COc1ccc(NC(=O)[C@H](C)OC(=O)c2ccc(F)cc2N)cc1OC. The molecule has 26 heavy (non-hydrogen) atoms. The lowest BCUT2D eigenvalue weighted by atomic mass is 10.2. The van der Waals surface area contributed by atoms with Crippen molar-refractivity contribution < 1.29 is 28.2 Å². The molecule has 0 bridgehead atoms. The number of hydrogen-bond donors (Lipinski definition) is 2. The average Bonchev–Trinajstić information content (AvgIpc) is 2.61. The standard InChI is InChI=1S/C18H19FN2O5/c1-10(26-18(23)13-6-4-11(19)8-14(13)20)17(22)21-12-5-7-15(24-2)16(9-12)25-3/h4-10H,20H2,1-3H3,(H,21,22)/t10-/m0/s1. The minimum absolute atomic E-state index is 0.0165. The van der Waals surface area contributed by atoms with Crippen LogP contribution in [0.5, 0.6) is 11.5 Å². The summed E-state index contributed by atoms with van der Waals surface area (Å²) in [5.74, 6) is -0.993. The maximum Gasteiger partial charge on any atom is 0.341 e. The van der Waals surface area contributed by atoms with Crippen molar-refractivity contribution in [3.63, 3.8) is 0 Å². The maximum atomic E-state index is 13.0. The van der Waals surface area contributed by atoms with E-state index < -0.39 is 23.8 Å². The van der Waals surface area contributed by atoms with Crippen molar-refractivity contribution in [1.29, 1.82) is 0 Å². The van der Waals surface area contributed by atoms with E-state index in [2.05, 4.69) is 5.32 Å². The van der Waals surface area contributed by atoms with Crippen molar-refractivity contribution in [2.75, 3.05) is 25.3 Å². The summed E-state index contributed by atoms with van der Waals surface area (Å²) in [4.78, 5) is 24.3. The molecular weight excluding hydrogens is 343 g/mol. The average molecular weight is 362 g/mol. The Balaban J connectivity index is 2.04. The Hall–Kier alpha value is -3.29. The summed E-state index contributed by atoms with van der Waals surface area (Å²) in [7, 11) is 2.97. The molecule has 7 nitrogen and oxygen atoms in total. The Morgan fingerprint density at radius 3 is 2.38 bits per heavy atom. The molecule has 1 amide bonds. The summed E-state index contributed by atoms with van der Waals surface area (Å²) >= 11 is 0. The van der Waals surface area contributed by atoms with Crippen LogP contribution in [0.2, 0.25) is 0 Å². The molecule has 0 unspecified atom stereocenters. The van der Waals surface area contributed by atoms with Crippen LogP contribution >= 0.6 is 0 Å². The monoisotopic (exact) mass is 362 g/mol. The molecule has 0 aliphatic carbocycles. The van der Waals surface area contributed by atoms with Gasteiger partial charge in [0.05, 0.1) is 19.8 Å². The zero-order valence-corrected chi connectivity index (χ0v) is 14.5. The maximum absolute atomic E-state index is 13.0. The van der Waals surface area contributed by atoms with Gasteiger partial charge in [-0.1, -0.05) is 0 Å². The zero-order valence-electron chi connectivity index (χ0n) is 14.5. The van der Waals surface area contributed by atoms with Gasteiger partial charge in [0.1, 0.15) is 5.82 Å². The first kappa shape index (κ1) is 19.0. The van der Waals surface area contributed by atoms with Crippen molar-refractivity contribution in [3.05, 3.63) is 47.8 Å². The van der Waals surface area contributed by atoms with Crippen LogP contribution in [0.15, 0.2) is 36.4 Å². The predicted molar refractivity (Wildman–Crippen MR) is 93.9 cm³/mol. The lowest BCUT2D eigenvalue weighted by Crippen LogP contribution is -2.30. The fourth-order valence-corrected chi connectivity index (χ4v) is 2.15. The van der Waals surface area contributed by atoms with Gasteiger partial charge in [0.2, 0.25) is 0 Å². The van der Waals surface area contributed by atoms with E-state index in [1.807, 2.05) is 0 Å². The molecule has 0 saturated heterocycles. The molecule has 1 atom stereocenters.